The second-order valence-electron chi connectivity index (χ2n) is 7.20. The number of carbonyl (C=O) groups excluding carboxylic acids is 1. The predicted molar refractivity (Wildman–Crippen MR) is 121 cm³/mol. The minimum Gasteiger partial charge on any atom is -0.496 e. The number of carbonyl (C=O) groups is 1. The summed E-state index contributed by atoms with van der Waals surface area (Å²) < 4.78 is 42.5. The Bertz CT molecular complexity index is 1330. The molecule has 0 radical (unpaired) electrons. The minimum absolute atomic E-state index is 0.0206. The highest BCUT2D eigenvalue weighted by atomic mass is 79.9. The van der Waals surface area contributed by atoms with Gasteiger partial charge in [-0.2, -0.15) is 5.10 Å². The van der Waals surface area contributed by atoms with Crippen LogP contribution in [0.2, 0.25) is 0 Å². The fourth-order valence-corrected chi connectivity index (χ4v) is 4.28. The average molecular weight is 501 g/mol. The first-order valence-electron chi connectivity index (χ1n) is 9.71. The maximum atomic E-state index is 15.1. The molecular weight excluding hydrogens is 482 g/mol. The Balaban J connectivity index is 1.94. The molecule has 164 valence electrons. The Morgan fingerprint density at radius 1 is 1.09 bits per heavy atom. The standard InChI is InChI=1S/C24H19BrF2N2O3/c1-13-6-4-7-17(25)16(13)12-29-20-9-5-8-18(26)22(20)23(28-29)14-11-21(31-2)15(10-19(14)27)24(30)32-3/h4-11H,12H2,1-3H3. The number of hydrogen-bond donors (Lipinski definition) is 0. The molecule has 3 aromatic carbocycles. The lowest BCUT2D eigenvalue weighted by molar-refractivity contribution is 0.0596. The van der Waals surface area contributed by atoms with E-state index in [2.05, 4.69) is 21.0 Å². The average Bonchev–Trinajstić information content (AvgIpc) is 3.15. The molecule has 4 rings (SSSR count). The molecule has 0 aliphatic carbocycles. The summed E-state index contributed by atoms with van der Waals surface area (Å²) in [6, 6.07) is 12.8. The van der Waals surface area contributed by atoms with Gasteiger partial charge >= 0.3 is 5.97 Å². The van der Waals surface area contributed by atoms with Gasteiger partial charge in [-0.15, -0.1) is 0 Å². The summed E-state index contributed by atoms with van der Waals surface area (Å²) in [5.41, 5.74) is 2.61. The second kappa shape index (κ2) is 8.70. The molecular formula is C24H19BrF2N2O3. The minimum atomic E-state index is -0.738. The Hall–Kier alpha value is -3.26. The number of halogens is 3. The highest BCUT2D eigenvalue weighted by molar-refractivity contribution is 9.10. The molecule has 0 N–H and O–H groups in total. The van der Waals surface area contributed by atoms with E-state index in [-0.39, 0.29) is 28.0 Å². The highest BCUT2D eigenvalue weighted by Crippen LogP contribution is 2.36. The summed E-state index contributed by atoms with van der Waals surface area (Å²) in [7, 11) is 2.55. The van der Waals surface area contributed by atoms with E-state index in [9.17, 15) is 9.18 Å². The van der Waals surface area contributed by atoms with E-state index < -0.39 is 17.6 Å². The van der Waals surface area contributed by atoms with Gasteiger partial charge < -0.3 is 9.47 Å². The quantitative estimate of drug-likeness (QED) is 0.320. The molecule has 0 fully saturated rings. The van der Waals surface area contributed by atoms with Gasteiger partial charge in [0.05, 0.1) is 31.7 Å². The summed E-state index contributed by atoms with van der Waals surface area (Å²) in [5.74, 6) is -1.90. The van der Waals surface area contributed by atoms with Crippen molar-refractivity contribution in [1.29, 1.82) is 0 Å². The summed E-state index contributed by atoms with van der Waals surface area (Å²) in [4.78, 5) is 12.0. The van der Waals surface area contributed by atoms with E-state index in [1.807, 2.05) is 25.1 Å². The number of aryl methyl sites for hydroxylation is 1. The Morgan fingerprint density at radius 3 is 2.53 bits per heavy atom. The van der Waals surface area contributed by atoms with Gasteiger partial charge in [-0.3, -0.25) is 4.68 Å². The maximum absolute atomic E-state index is 15.1. The van der Waals surface area contributed by atoms with E-state index in [1.165, 1.54) is 26.4 Å². The Morgan fingerprint density at radius 2 is 1.84 bits per heavy atom. The van der Waals surface area contributed by atoms with E-state index in [1.54, 1.807) is 16.8 Å². The van der Waals surface area contributed by atoms with Crippen molar-refractivity contribution >= 4 is 32.8 Å². The molecule has 0 saturated carbocycles. The number of esters is 1. The zero-order chi connectivity index (χ0) is 23.0. The van der Waals surface area contributed by atoms with Gasteiger partial charge in [0.25, 0.3) is 0 Å². The molecule has 0 aliphatic rings. The van der Waals surface area contributed by atoms with E-state index in [4.69, 9.17) is 9.47 Å². The first-order chi connectivity index (χ1) is 15.3. The zero-order valence-electron chi connectivity index (χ0n) is 17.6. The number of fused-ring (bicyclic) bond motifs is 1. The normalized spacial score (nSPS) is 11.1. The number of nitrogens with zero attached hydrogens (tertiary/aromatic N) is 2. The summed E-state index contributed by atoms with van der Waals surface area (Å²) in [6.45, 7) is 2.33. The van der Waals surface area contributed by atoms with Crippen LogP contribution in [-0.4, -0.2) is 30.0 Å². The molecule has 0 saturated heterocycles. The van der Waals surface area contributed by atoms with E-state index >= 15 is 4.39 Å². The Kier molecular flexibility index (Phi) is 5.97. The molecule has 1 aromatic heterocycles. The molecule has 32 heavy (non-hydrogen) atoms. The molecule has 5 nitrogen and oxygen atoms in total. The third-order valence-electron chi connectivity index (χ3n) is 5.34. The van der Waals surface area contributed by atoms with E-state index in [0.717, 1.165) is 21.7 Å². The largest absolute Gasteiger partial charge is 0.496 e. The molecule has 0 amide bonds. The van der Waals surface area contributed by atoms with E-state index in [0.29, 0.717) is 12.1 Å². The number of benzene rings is 3. The van der Waals surface area contributed by atoms with Crippen molar-refractivity contribution in [1.82, 2.24) is 9.78 Å². The van der Waals surface area contributed by atoms with Crippen molar-refractivity contribution < 1.29 is 23.0 Å². The van der Waals surface area contributed by atoms with Crippen molar-refractivity contribution in [2.75, 3.05) is 14.2 Å². The van der Waals surface area contributed by atoms with Gasteiger partial charge in [-0.25, -0.2) is 13.6 Å². The lowest BCUT2D eigenvalue weighted by atomic mass is 10.0. The fraction of sp³-hybridized carbons (Fsp3) is 0.167. The van der Waals surface area contributed by atoms with Gasteiger partial charge in [0, 0.05) is 10.0 Å². The molecule has 1 heterocycles. The van der Waals surface area contributed by atoms with Gasteiger partial charge in [0.2, 0.25) is 0 Å². The summed E-state index contributed by atoms with van der Waals surface area (Å²) in [6.07, 6.45) is 0. The predicted octanol–water partition coefficient (Wildman–Crippen LogP) is 5.90. The molecule has 8 heteroatoms. The van der Waals surface area contributed by atoms with Gasteiger partial charge in [-0.1, -0.05) is 34.1 Å². The van der Waals surface area contributed by atoms with Crippen LogP contribution in [0, 0.1) is 18.6 Å². The third-order valence-corrected chi connectivity index (χ3v) is 6.08. The number of methoxy groups -OCH3 is 2. The smallest absolute Gasteiger partial charge is 0.341 e. The van der Waals surface area contributed by atoms with Crippen LogP contribution < -0.4 is 4.74 Å². The monoisotopic (exact) mass is 500 g/mol. The van der Waals surface area contributed by atoms with Crippen LogP contribution in [0.5, 0.6) is 5.75 Å². The van der Waals surface area contributed by atoms with Crippen LogP contribution in [-0.2, 0) is 11.3 Å². The van der Waals surface area contributed by atoms with Crippen LogP contribution in [0.15, 0.2) is 53.0 Å². The first kappa shape index (κ1) is 22.0. The number of hydrogen-bond acceptors (Lipinski definition) is 4. The zero-order valence-corrected chi connectivity index (χ0v) is 19.2. The van der Waals surface area contributed by atoms with Crippen LogP contribution in [0.3, 0.4) is 0 Å². The lowest BCUT2D eigenvalue weighted by Gasteiger charge is -2.10. The van der Waals surface area contributed by atoms with Crippen LogP contribution >= 0.6 is 15.9 Å². The van der Waals surface area contributed by atoms with Crippen molar-refractivity contribution in [2.24, 2.45) is 0 Å². The molecule has 0 atom stereocenters. The molecule has 4 aromatic rings. The topological polar surface area (TPSA) is 53.3 Å². The van der Waals surface area contributed by atoms with Crippen LogP contribution in [0.4, 0.5) is 8.78 Å². The maximum Gasteiger partial charge on any atom is 0.341 e. The number of ether oxygens (including phenoxy) is 2. The molecule has 0 bridgehead atoms. The summed E-state index contributed by atoms with van der Waals surface area (Å²) >= 11 is 3.56. The van der Waals surface area contributed by atoms with Crippen molar-refractivity contribution in [2.45, 2.75) is 13.5 Å². The van der Waals surface area contributed by atoms with Crippen molar-refractivity contribution in [3.63, 3.8) is 0 Å². The third kappa shape index (κ3) is 3.75. The fourth-order valence-electron chi connectivity index (χ4n) is 3.69. The highest BCUT2D eigenvalue weighted by Gasteiger charge is 2.23. The second-order valence-corrected chi connectivity index (χ2v) is 8.05. The van der Waals surface area contributed by atoms with Crippen LogP contribution in [0.1, 0.15) is 21.5 Å². The van der Waals surface area contributed by atoms with Gasteiger partial charge in [0.1, 0.15) is 28.6 Å². The summed E-state index contributed by atoms with van der Waals surface area (Å²) in [5, 5.41) is 4.76. The van der Waals surface area contributed by atoms with Crippen LogP contribution in [0.25, 0.3) is 22.2 Å². The van der Waals surface area contributed by atoms with Gasteiger partial charge in [0.15, 0.2) is 0 Å². The molecule has 0 unspecified atom stereocenters. The number of aromatic nitrogens is 2. The van der Waals surface area contributed by atoms with Crippen molar-refractivity contribution in [3.05, 3.63) is 81.3 Å². The molecule has 0 aliphatic heterocycles. The van der Waals surface area contributed by atoms with Gasteiger partial charge in [-0.05, 0) is 48.4 Å². The SMILES string of the molecule is COC(=O)c1cc(F)c(-c2nn(Cc3c(C)cccc3Br)c3cccc(F)c23)cc1OC. The lowest BCUT2D eigenvalue weighted by Crippen LogP contribution is -2.06. The van der Waals surface area contributed by atoms with Crippen molar-refractivity contribution in [3.8, 4) is 17.0 Å². The molecule has 0 spiro atoms. The first-order valence-corrected chi connectivity index (χ1v) is 10.5. The number of rotatable bonds is 5. The Labute approximate surface area is 191 Å².